The Kier molecular flexibility index (Phi) is 4.34. The molecule has 2 heterocycles. The zero-order valence-electron chi connectivity index (χ0n) is 12.0. The quantitative estimate of drug-likeness (QED) is 0.788. The van der Waals surface area contributed by atoms with Crippen LogP contribution in [0, 0.1) is 0 Å². The molecule has 0 aliphatic carbocycles. The maximum absolute atomic E-state index is 11.6. The summed E-state index contributed by atoms with van der Waals surface area (Å²) in [6, 6.07) is 3.66. The number of nitrogens with one attached hydrogen (secondary N) is 2. The van der Waals surface area contributed by atoms with Crippen LogP contribution in [0.2, 0.25) is 0 Å². The third kappa shape index (κ3) is 2.96. The SMILES string of the molecule is CCNC(C)c1ccc(N2CC(=O)NC(=O)C2C)nc1. The summed E-state index contributed by atoms with van der Waals surface area (Å²) in [5.41, 5.74) is 1.08. The second-order valence-corrected chi connectivity index (χ2v) is 4.95. The molecule has 20 heavy (non-hydrogen) atoms. The van der Waals surface area contributed by atoms with Gasteiger partial charge in [-0.25, -0.2) is 4.98 Å². The van der Waals surface area contributed by atoms with E-state index >= 15 is 0 Å². The van der Waals surface area contributed by atoms with Crippen LogP contribution in [0.15, 0.2) is 18.3 Å². The molecule has 6 nitrogen and oxygen atoms in total. The van der Waals surface area contributed by atoms with E-state index in [-0.39, 0.29) is 24.4 Å². The van der Waals surface area contributed by atoms with Crippen LogP contribution < -0.4 is 15.5 Å². The molecule has 1 aliphatic heterocycles. The summed E-state index contributed by atoms with van der Waals surface area (Å²) in [6.07, 6.45) is 1.78. The van der Waals surface area contributed by atoms with E-state index in [1.807, 2.05) is 12.1 Å². The van der Waals surface area contributed by atoms with Gasteiger partial charge in [-0.05, 0) is 32.0 Å². The molecule has 2 atom stereocenters. The lowest BCUT2D eigenvalue weighted by Gasteiger charge is -2.32. The highest BCUT2D eigenvalue weighted by Crippen LogP contribution is 2.19. The summed E-state index contributed by atoms with van der Waals surface area (Å²) >= 11 is 0. The second kappa shape index (κ2) is 6.00. The van der Waals surface area contributed by atoms with Crippen molar-refractivity contribution in [3.63, 3.8) is 0 Å². The highest BCUT2D eigenvalue weighted by atomic mass is 16.2. The zero-order chi connectivity index (χ0) is 14.7. The van der Waals surface area contributed by atoms with Crippen LogP contribution in [0.1, 0.15) is 32.4 Å². The molecule has 2 N–H and O–H groups in total. The van der Waals surface area contributed by atoms with Gasteiger partial charge in [0.05, 0.1) is 6.54 Å². The first-order valence-corrected chi connectivity index (χ1v) is 6.82. The van der Waals surface area contributed by atoms with E-state index in [1.165, 1.54) is 0 Å². The monoisotopic (exact) mass is 276 g/mol. The van der Waals surface area contributed by atoms with Crippen LogP contribution in [0.5, 0.6) is 0 Å². The summed E-state index contributed by atoms with van der Waals surface area (Å²) in [4.78, 5) is 29.2. The number of anilines is 1. The molecule has 6 heteroatoms. The van der Waals surface area contributed by atoms with Gasteiger partial charge in [0, 0.05) is 12.2 Å². The Morgan fingerprint density at radius 1 is 1.50 bits per heavy atom. The summed E-state index contributed by atoms with van der Waals surface area (Å²) in [5, 5.41) is 5.63. The Bertz CT molecular complexity index is 500. The first-order valence-electron chi connectivity index (χ1n) is 6.82. The smallest absolute Gasteiger partial charge is 0.249 e. The average molecular weight is 276 g/mol. The predicted octanol–water partition coefficient (Wildman–Crippen LogP) is 0.603. The van der Waals surface area contributed by atoms with Gasteiger partial charge in [-0.2, -0.15) is 0 Å². The maximum atomic E-state index is 11.6. The molecule has 2 rings (SSSR count). The number of imide groups is 1. The molecule has 108 valence electrons. The van der Waals surface area contributed by atoms with E-state index in [2.05, 4.69) is 29.5 Å². The molecular weight excluding hydrogens is 256 g/mol. The fraction of sp³-hybridized carbons (Fsp3) is 0.500. The Morgan fingerprint density at radius 2 is 2.25 bits per heavy atom. The van der Waals surface area contributed by atoms with Crippen LogP contribution in [0.3, 0.4) is 0 Å². The molecule has 0 bridgehead atoms. The summed E-state index contributed by atoms with van der Waals surface area (Å²) in [7, 11) is 0. The third-order valence-electron chi connectivity index (χ3n) is 3.50. The number of piperazine rings is 1. The zero-order valence-corrected chi connectivity index (χ0v) is 12.0. The highest BCUT2D eigenvalue weighted by Gasteiger charge is 2.30. The van der Waals surface area contributed by atoms with E-state index in [0.717, 1.165) is 12.1 Å². The molecular formula is C14H20N4O2. The number of aromatic nitrogens is 1. The summed E-state index contributed by atoms with van der Waals surface area (Å²) in [6.45, 7) is 6.93. The third-order valence-corrected chi connectivity index (χ3v) is 3.50. The van der Waals surface area contributed by atoms with Crippen LogP contribution in [-0.4, -0.2) is 35.9 Å². The van der Waals surface area contributed by atoms with E-state index in [0.29, 0.717) is 5.82 Å². The van der Waals surface area contributed by atoms with Crippen molar-refractivity contribution in [1.82, 2.24) is 15.6 Å². The van der Waals surface area contributed by atoms with Crippen molar-refractivity contribution in [3.05, 3.63) is 23.9 Å². The molecule has 0 saturated carbocycles. The molecule has 2 unspecified atom stereocenters. The first-order chi connectivity index (χ1) is 9.52. The maximum Gasteiger partial charge on any atom is 0.249 e. The van der Waals surface area contributed by atoms with Crippen LogP contribution >= 0.6 is 0 Å². The molecule has 2 amide bonds. The van der Waals surface area contributed by atoms with Crippen molar-refractivity contribution in [2.24, 2.45) is 0 Å². The fourth-order valence-electron chi connectivity index (χ4n) is 2.24. The van der Waals surface area contributed by atoms with Crippen molar-refractivity contribution >= 4 is 17.6 Å². The molecule has 0 radical (unpaired) electrons. The van der Waals surface area contributed by atoms with Crippen molar-refractivity contribution in [1.29, 1.82) is 0 Å². The van der Waals surface area contributed by atoms with Crippen molar-refractivity contribution in [3.8, 4) is 0 Å². The molecule has 1 fully saturated rings. The number of amides is 2. The Labute approximate surface area is 118 Å². The van der Waals surface area contributed by atoms with Gasteiger partial charge in [-0.3, -0.25) is 14.9 Å². The van der Waals surface area contributed by atoms with E-state index in [1.54, 1.807) is 18.0 Å². The number of carbonyl (C=O) groups excluding carboxylic acids is 2. The average Bonchev–Trinajstić information content (AvgIpc) is 2.43. The van der Waals surface area contributed by atoms with Gasteiger partial charge in [-0.15, -0.1) is 0 Å². The highest BCUT2D eigenvalue weighted by molar-refractivity contribution is 6.04. The largest absolute Gasteiger partial charge is 0.336 e. The normalized spacial score (nSPS) is 20.8. The number of hydrogen-bond donors (Lipinski definition) is 2. The second-order valence-electron chi connectivity index (χ2n) is 4.95. The van der Waals surface area contributed by atoms with Gasteiger partial charge < -0.3 is 10.2 Å². The lowest BCUT2D eigenvalue weighted by molar-refractivity contribution is -0.132. The number of hydrogen-bond acceptors (Lipinski definition) is 5. The van der Waals surface area contributed by atoms with Gasteiger partial charge >= 0.3 is 0 Å². The predicted molar refractivity (Wildman–Crippen MR) is 76.3 cm³/mol. The number of carbonyl (C=O) groups is 2. The molecule has 1 aromatic heterocycles. The van der Waals surface area contributed by atoms with Gasteiger partial charge in [0.2, 0.25) is 11.8 Å². The van der Waals surface area contributed by atoms with E-state index in [9.17, 15) is 9.59 Å². The number of rotatable bonds is 4. The van der Waals surface area contributed by atoms with E-state index in [4.69, 9.17) is 0 Å². The van der Waals surface area contributed by atoms with Gasteiger partial charge in [0.1, 0.15) is 11.9 Å². The van der Waals surface area contributed by atoms with Crippen molar-refractivity contribution in [2.75, 3.05) is 18.0 Å². The minimum Gasteiger partial charge on any atom is -0.336 e. The van der Waals surface area contributed by atoms with E-state index < -0.39 is 6.04 Å². The Hall–Kier alpha value is -1.95. The fourth-order valence-corrected chi connectivity index (χ4v) is 2.24. The standard InChI is InChI=1S/C14H20N4O2/c1-4-15-9(2)11-5-6-12(16-7-11)18-8-13(19)17-14(20)10(18)3/h5-7,9-10,15H,4,8H2,1-3H3,(H,17,19,20). The molecule has 0 spiro atoms. The Morgan fingerprint density at radius 3 is 2.85 bits per heavy atom. The van der Waals surface area contributed by atoms with Crippen molar-refractivity contribution in [2.45, 2.75) is 32.9 Å². The molecule has 1 aromatic rings. The first kappa shape index (κ1) is 14.5. The van der Waals surface area contributed by atoms with Crippen LogP contribution in [0.4, 0.5) is 5.82 Å². The minimum atomic E-state index is -0.391. The van der Waals surface area contributed by atoms with Gasteiger partial charge in [-0.1, -0.05) is 13.0 Å². The van der Waals surface area contributed by atoms with Crippen LogP contribution in [0.25, 0.3) is 0 Å². The van der Waals surface area contributed by atoms with Gasteiger partial charge in [0.15, 0.2) is 0 Å². The van der Waals surface area contributed by atoms with Crippen molar-refractivity contribution < 1.29 is 9.59 Å². The Balaban J connectivity index is 2.16. The lowest BCUT2D eigenvalue weighted by Crippen LogP contribution is -2.57. The molecule has 0 aromatic carbocycles. The van der Waals surface area contributed by atoms with Crippen LogP contribution in [-0.2, 0) is 9.59 Å². The summed E-state index contributed by atoms with van der Waals surface area (Å²) < 4.78 is 0. The number of pyridine rings is 1. The lowest BCUT2D eigenvalue weighted by atomic mass is 10.1. The summed E-state index contributed by atoms with van der Waals surface area (Å²) in [5.74, 6) is 0.0706. The minimum absolute atomic E-state index is 0.155. The molecule has 1 aliphatic rings. The molecule has 1 saturated heterocycles. The topological polar surface area (TPSA) is 74.3 Å². The van der Waals surface area contributed by atoms with Gasteiger partial charge in [0.25, 0.3) is 0 Å². The number of nitrogens with zero attached hydrogens (tertiary/aromatic N) is 2.